The summed E-state index contributed by atoms with van der Waals surface area (Å²) in [6.07, 6.45) is 5.49. The lowest BCUT2D eigenvalue weighted by Crippen LogP contribution is -2.32. The molecule has 0 saturated heterocycles. The first kappa shape index (κ1) is 15.6. The van der Waals surface area contributed by atoms with Gasteiger partial charge in [-0.1, -0.05) is 17.7 Å². The number of aromatic nitrogens is 1. The molecule has 0 saturated carbocycles. The molecule has 1 N–H and O–H groups in total. The predicted octanol–water partition coefficient (Wildman–Crippen LogP) is 5.19. The van der Waals surface area contributed by atoms with Crippen molar-refractivity contribution in [3.05, 3.63) is 52.3 Å². The first-order valence-corrected chi connectivity index (χ1v) is 7.87. The van der Waals surface area contributed by atoms with E-state index in [-0.39, 0.29) is 5.54 Å². The van der Waals surface area contributed by atoms with Gasteiger partial charge in [0.2, 0.25) is 0 Å². The first-order chi connectivity index (χ1) is 10.8. The second-order valence-electron chi connectivity index (χ2n) is 6.55. The van der Waals surface area contributed by atoms with E-state index in [1.807, 2.05) is 6.07 Å². The quantitative estimate of drug-likeness (QED) is 0.785. The summed E-state index contributed by atoms with van der Waals surface area (Å²) in [7, 11) is 0. The second kappa shape index (κ2) is 5.40. The van der Waals surface area contributed by atoms with Crippen LogP contribution in [0.4, 0.5) is 5.69 Å². The zero-order valence-electron chi connectivity index (χ0n) is 13.7. The summed E-state index contributed by atoms with van der Waals surface area (Å²) in [6, 6.07) is 6.00. The molecule has 0 bridgehead atoms. The molecular formula is C19H18ClN3. The molecule has 2 aromatic rings. The number of rotatable bonds is 1. The minimum atomic E-state index is -0.102. The Morgan fingerprint density at radius 2 is 1.96 bits per heavy atom. The predicted molar refractivity (Wildman–Crippen MR) is 95.5 cm³/mol. The van der Waals surface area contributed by atoms with E-state index in [1.165, 1.54) is 0 Å². The molecule has 3 rings (SSSR count). The van der Waals surface area contributed by atoms with Gasteiger partial charge in [-0.3, -0.25) is 4.98 Å². The number of allylic oxidation sites excluding steroid dienone is 1. The normalized spacial score (nSPS) is 15.2. The van der Waals surface area contributed by atoms with Crippen LogP contribution >= 0.6 is 11.6 Å². The van der Waals surface area contributed by atoms with Crippen molar-refractivity contribution >= 4 is 22.9 Å². The summed E-state index contributed by atoms with van der Waals surface area (Å²) in [5.41, 5.74) is 6.58. The topological polar surface area (TPSA) is 48.7 Å². The Labute approximate surface area is 141 Å². The summed E-state index contributed by atoms with van der Waals surface area (Å²) in [5, 5.41) is 13.3. The number of fused-ring (bicyclic) bond motifs is 1. The van der Waals surface area contributed by atoms with Gasteiger partial charge < -0.3 is 5.32 Å². The van der Waals surface area contributed by atoms with Crippen molar-refractivity contribution < 1.29 is 0 Å². The highest BCUT2D eigenvalue weighted by Gasteiger charge is 2.27. The minimum Gasteiger partial charge on any atom is -0.376 e. The maximum absolute atomic E-state index is 9.08. The lowest BCUT2D eigenvalue weighted by atomic mass is 9.87. The van der Waals surface area contributed by atoms with Gasteiger partial charge in [-0.05, 0) is 51.0 Å². The third-order valence-corrected chi connectivity index (χ3v) is 4.45. The van der Waals surface area contributed by atoms with Crippen LogP contribution in [0.15, 0.2) is 30.6 Å². The molecule has 0 atom stereocenters. The van der Waals surface area contributed by atoms with E-state index >= 15 is 0 Å². The smallest absolute Gasteiger partial charge is 0.101 e. The van der Waals surface area contributed by atoms with Crippen LogP contribution in [-0.4, -0.2) is 10.5 Å². The molecule has 0 fully saturated rings. The van der Waals surface area contributed by atoms with E-state index in [0.29, 0.717) is 10.6 Å². The largest absolute Gasteiger partial charge is 0.376 e. The van der Waals surface area contributed by atoms with Crippen LogP contribution in [0.3, 0.4) is 0 Å². The Morgan fingerprint density at radius 3 is 2.65 bits per heavy atom. The summed E-state index contributed by atoms with van der Waals surface area (Å²) >= 11 is 6.73. The fourth-order valence-corrected chi connectivity index (χ4v) is 3.56. The zero-order valence-corrected chi connectivity index (χ0v) is 14.4. The molecule has 3 nitrogen and oxygen atoms in total. The molecule has 1 aliphatic rings. The fourth-order valence-electron chi connectivity index (χ4n) is 3.16. The molecule has 1 aromatic carbocycles. The van der Waals surface area contributed by atoms with Crippen molar-refractivity contribution in [3.8, 4) is 17.2 Å². The molecule has 4 heteroatoms. The Hall–Kier alpha value is -2.31. The molecule has 0 radical (unpaired) electrons. The van der Waals surface area contributed by atoms with E-state index in [4.69, 9.17) is 16.9 Å². The van der Waals surface area contributed by atoms with Crippen LogP contribution in [0.2, 0.25) is 5.02 Å². The maximum atomic E-state index is 9.08. The highest BCUT2D eigenvalue weighted by atomic mass is 35.5. The lowest BCUT2D eigenvalue weighted by molar-refractivity contribution is 0.706. The number of nitrogens with one attached hydrogen (secondary N) is 1. The first-order valence-electron chi connectivity index (χ1n) is 7.49. The summed E-state index contributed by atoms with van der Waals surface area (Å²) in [4.78, 5) is 4.15. The van der Waals surface area contributed by atoms with Crippen molar-refractivity contribution in [2.24, 2.45) is 0 Å². The highest BCUT2D eigenvalue weighted by molar-refractivity contribution is 6.36. The molecule has 116 valence electrons. The number of nitrogens with zero attached hydrogens (tertiary/aromatic N) is 2. The third-order valence-electron chi connectivity index (χ3n) is 4.06. The van der Waals surface area contributed by atoms with E-state index in [9.17, 15) is 0 Å². The molecule has 1 aromatic heterocycles. The standard InChI is InChI=1S/C19H18ClN3/c1-11-5-15(14-6-13(8-21)9-22-10-14)17(20)16-12(2)7-19(3,4)23-18(11)16/h5-7,9-10,23H,1-4H3. The molecular weight excluding hydrogens is 306 g/mol. The monoisotopic (exact) mass is 323 g/mol. The number of benzene rings is 1. The highest BCUT2D eigenvalue weighted by Crippen LogP contribution is 2.44. The minimum absolute atomic E-state index is 0.102. The Bertz CT molecular complexity index is 873. The van der Waals surface area contributed by atoms with Crippen LogP contribution in [-0.2, 0) is 0 Å². The number of nitriles is 1. The van der Waals surface area contributed by atoms with Gasteiger partial charge in [0.25, 0.3) is 0 Å². The van der Waals surface area contributed by atoms with Gasteiger partial charge in [-0.25, -0.2) is 0 Å². The number of hydrogen-bond donors (Lipinski definition) is 1. The van der Waals surface area contributed by atoms with Crippen LogP contribution in [0.25, 0.3) is 16.7 Å². The molecule has 0 amide bonds. The molecule has 23 heavy (non-hydrogen) atoms. The SMILES string of the molecule is CC1=CC(C)(C)Nc2c(C)cc(-c3cncc(C#N)c3)c(Cl)c21. The van der Waals surface area contributed by atoms with Crippen molar-refractivity contribution in [1.29, 1.82) is 5.26 Å². The van der Waals surface area contributed by atoms with Gasteiger partial charge in [0.05, 0.1) is 16.1 Å². The van der Waals surface area contributed by atoms with Gasteiger partial charge in [0.1, 0.15) is 6.07 Å². The number of anilines is 1. The number of pyridine rings is 1. The van der Waals surface area contributed by atoms with Gasteiger partial charge in [-0.2, -0.15) is 5.26 Å². The van der Waals surface area contributed by atoms with Gasteiger partial charge in [0, 0.05) is 34.8 Å². The van der Waals surface area contributed by atoms with Crippen molar-refractivity contribution in [1.82, 2.24) is 4.98 Å². The van der Waals surface area contributed by atoms with Crippen LogP contribution in [0.1, 0.15) is 37.5 Å². The average molecular weight is 324 g/mol. The lowest BCUT2D eigenvalue weighted by Gasteiger charge is -2.33. The third kappa shape index (κ3) is 2.71. The Morgan fingerprint density at radius 1 is 1.22 bits per heavy atom. The zero-order chi connectivity index (χ0) is 16.8. The second-order valence-corrected chi connectivity index (χ2v) is 6.93. The van der Waals surface area contributed by atoms with Gasteiger partial charge in [-0.15, -0.1) is 0 Å². The van der Waals surface area contributed by atoms with Crippen molar-refractivity contribution in [3.63, 3.8) is 0 Å². The van der Waals surface area contributed by atoms with Crippen LogP contribution < -0.4 is 5.32 Å². The summed E-state index contributed by atoms with van der Waals surface area (Å²) in [6.45, 7) is 8.43. The van der Waals surface area contributed by atoms with Crippen LogP contribution in [0.5, 0.6) is 0 Å². The summed E-state index contributed by atoms with van der Waals surface area (Å²) in [5.74, 6) is 0. The van der Waals surface area contributed by atoms with Gasteiger partial charge >= 0.3 is 0 Å². The van der Waals surface area contributed by atoms with Crippen LogP contribution in [0, 0.1) is 18.3 Å². The number of hydrogen-bond acceptors (Lipinski definition) is 3. The molecule has 0 spiro atoms. The van der Waals surface area contributed by atoms with Gasteiger partial charge in [0.15, 0.2) is 0 Å². The Kier molecular flexibility index (Phi) is 3.66. The maximum Gasteiger partial charge on any atom is 0.101 e. The molecule has 2 heterocycles. The fraction of sp³-hybridized carbons (Fsp3) is 0.263. The van der Waals surface area contributed by atoms with Crippen molar-refractivity contribution in [2.45, 2.75) is 33.2 Å². The van der Waals surface area contributed by atoms with E-state index in [0.717, 1.165) is 33.5 Å². The average Bonchev–Trinajstić information content (AvgIpc) is 2.49. The van der Waals surface area contributed by atoms with E-state index in [1.54, 1.807) is 12.4 Å². The molecule has 0 unspecified atom stereocenters. The molecule has 0 aliphatic carbocycles. The summed E-state index contributed by atoms with van der Waals surface area (Å²) < 4.78 is 0. The number of halogens is 1. The number of aryl methyl sites for hydroxylation is 1. The van der Waals surface area contributed by atoms with Crippen molar-refractivity contribution in [2.75, 3.05) is 5.32 Å². The Balaban J connectivity index is 2.25. The van der Waals surface area contributed by atoms with E-state index < -0.39 is 0 Å². The molecule has 1 aliphatic heterocycles. The van der Waals surface area contributed by atoms with E-state index in [2.05, 4.69) is 56.2 Å².